The van der Waals surface area contributed by atoms with Crippen molar-refractivity contribution in [3.63, 3.8) is 0 Å². The minimum absolute atomic E-state index is 0.544. The number of nitrogens with zero attached hydrogens (tertiary/aromatic N) is 1. The van der Waals surface area contributed by atoms with Crippen LogP contribution in [0.15, 0.2) is 18.3 Å². The first-order chi connectivity index (χ1) is 8.15. The maximum absolute atomic E-state index is 6.02. The molecule has 0 atom stereocenters. The van der Waals surface area contributed by atoms with E-state index in [0.717, 1.165) is 11.3 Å². The van der Waals surface area contributed by atoms with E-state index in [0.29, 0.717) is 23.0 Å². The fraction of sp³-hybridized carbons (Fsp3) is 0.250. The summed E-state index contributed by atoms with van der Waals surface area (Å²) in [5, 5.41) is 0. The quantitative estimate of drug-likeness (QED) is 0.795. The molecule has 2 rings (SSSR count). The van der Waals surface area contributed by atoms with Crippen molar-refractivity contribution in [1.82, 2.24) is 9.97 Å². The van der Waals surface area contributed by atoms with Crippen LogP contribution in [-0.2, 0) is 0 Å². The number of rotatable bonds is 3. The molecule has 1 aromatic heterocycles. The normalized spacial score (nSPS) is 10.3. The average Bonchev–Trinajstić information content (AvgIpc) is 2.76. The van der Waals surface area contributed by atoms with Crippen molar-refractivity contribution in [1.29, 1.82) is 0 Å². The van der Waals surface area contributed by atoms with Gasteiger partial charge in [0.25, 0.3) is 0 Å². The number of hydrogen-bond donors (Lipinski definition) is 2. The number of hydrogen-bond acceptors (Lipinski definition) is 4. The third kappa shape index (κ3) is 2.04. The molecular weight excluding hydrogens is 218 g/mol. The number of imidazole rings is 1. The van der Waals surface area contributed by atoms with Gasteiger partial charge in [-0.15, -0.1) is 0 Å². The Kier molecular flexibility index (Phi) is 2.91. The van der Waals surface area contributed by atoms with Crippen LogP contribution in [0.4, 0.5) is 5.69 Å². The Balaban J connectivity index is 2.59. The molecule has 0 aliphatic rings. The zero-order valence-corrected chi connectivity index (χ0v) is 10.1. The van der Waals surface area contributed by atoms with E-state index in [9.17, 15) is 0 Å². The molecule has 1 heterocycles. The molecule has 0 aliphatic carbocycles. The number of aromatic nitrogens is 2. The van der Waals surface area contributed by atoms with Gasteiger partial charge in [-0.3, -0.25) is 0 Å². The van der Waals surface area contributed by atoms with E-state index in [1.54, 1.807) is 26.5 Å². The van der Waals surface area contributed by atoms with Crippen LogP contribution in [0, 0.1) is 6.92 Å². The number of nitrogens with one attached hydrogen (secondary N) is 1. The minimum atomic E-state index is 0.544. The molecule has 0 radical (unpaired) electrons. The molecule has 5 heteroatoms. The molecule has 2 aromatic rings. The lowest BCUT2D eigenvalue weighted by atomic mass is 10.1. The first-order valence-electron chi connectivity index (χ1n) is 5.19. The van der Waals surface area contributed by atoms with Crippen molar-refractivity contribution < 1.29 is 9.47 Å². The summed E-state index contributed by atoms with van der Waals surface area (Å²) < 4.78 is 10.4. The van der Waals surface area contributed by atoms with Crippen LogP contribution in [0.5, 0.6) is 11.5 Å². The highest BCUT2D eigenvalue weighted by atomic mass is 16.5. The Morgan fingerprint density at radius 3 is 2.53 bits per heavy atom. The number of nitrogens with two attached hydrogens (primary N) is 1. The number of benzene rings is 1. The highest BCUT2D eigenvalue weighted by molar-refractivity contribution is 5.78. The van der Waals surface area contributed by atoms with Crippen LogP contribution in [-0.4, -0.2) is 24.2 Å². The second-order valence-corrected chi connectivity index (χ2v) is 3.71. The molecule has 0 saturated carbocycles. The number of H-pyrrole nitrogens is 1. The van der Waals surface area contributed by atoms with E-state index in [-0.39, 0.29) is 0 Å². The van der Waals surface area contributed by atoms with Gasteiger partial charge in [0.2, 0.25) is 0 Å². The first kappa shape index (κ1) is 11.3. The Morgan fingerprint density at radius 1 is 1.24 bits per heavy atom. The van der Waals surface area contributed by atoms with Crippen molar-refractivity contribution in [2.75, 3.05) is 20.0 Å². The largest absolute Gasteiger partial charge is 0.497 e. The summed E-state index contributed by atoms with van der Waals surface area (Å²) in [6.07, 6.45) is 1.75. The van der Waals surface area contributed by atoms with Crippen LogP contribution < -0.4 is 15.2 Å². The smallest absolute Gasteiger partial charge is 0.146 e. The maximum atomic E-state index is 6.02. The van der Waals surface area contributed by atoms with Gasteiger partial charge in [-0.05, 0) is 13.0 Å². The van der Waals surface area contributed by atoms with Crippen molar-refractivity contribution >= 4 is 5.69 Å². The van der Waals surface area contributed by atoms with Crippen molar-refractivity contribution in [3.05, 3.63) is 24.0 Å². The molecular formula is C12H15N3O2. The molecule has 0 spiro atoms. The summed E-state index contributed by atoms with van der Waals surface area (Å²) in [5.74, 6) is 1.96. The average molecular weight is 233 g/mol. The van der Waals surface area contributed by atoms with E-state index < -0.39 is 0 Å². The van der Waals surface area contributed by atoms with Gasteiger partial charge < -0.3 is 20.2 Å². The van der Waals surface area contributed by atoms with Gasteiger partial charge in [-0.2, -0.15) is 0 Å². The van der Waals surface area contributed by atoms with Crippen molar-refractivity contribution in [3.8, 4) is 22.9 Å². The van der Waals surface area contributed by atoms with E-state index >= 15 is 0 Å². The number of aryl methyl sites for hydroxylation is 1. The van der Waals surface area contributed by atoms with E-state index in [2.05, 4.69) is 9.97 Å². The number of anilines is 1. The Labute approximate surface area is 99.6 Å². The highest BCUT2D eigenvalue weighted by Gasteiger charge is 2.13. The van der Waals surface area contributed by atoms with E-state index in [1.807, 2.05) is 13.0 Å². The fourth-order valence-electron chi connectivity index (χ4n) is 1.63. The fourth-order valence-corrected chi connectivity index (χ4v) is 1.63. The summed E-state index contributed by atoms with van der Waals surface area (Å²) in [7, 11) is 3.17. The Morgan fingerprint density at radius 2 is 2.00 bits per heavy atom. The van der Waals surface area contributed by atoms with Gasteiger partial charge in [0.05, 0.1) is 19.9 Å². The monoisotopic (exact) mass is 233 g/mol. The maximum Gasteiger partial charge on any atom is 0.146 e. The summed E-state index contributed by atoms with van der Waals surface area (Å²) in [4.78, 5) is 7.38. The van der Waals surface area contributed by atoms with Crippen molar-refractivity contribution in [2.45, 2.75) is 6.92 Å². The predicted molar refractivity (Wildman–Crippen MR) is 66.3 cm³/mol. The molecule has 0 fully saturated rings. The van der Waals surface area contributed by atoms with Crippen LogP contribution in [0.1, 0.15) is 5.69 Å². The summed E-state index contributed by atoms with van der Waals surface area (Å²) in [5.41, 5.74) is 8.31. The predicted octanol–water partition coefficient (Wildman–Crippen LogP) is 1.98. The third-order valence-electron chi connectivity index (χ3n) is 2.53. The standard InChI is InChI=1S/C12H15N3O2/c1-7-6-14-12(15-7)9-4-8(16-2)5-10(17-3)11(9)13/h4-6H,13H2,1-3H3,(H,14,15). The SMILES string of the molecule is COc1cc(OC)c(N)c(-c2ncc(C)[nH]2)c1. The summed E-state index contributed by atoms with van der Waals surface area (Å²) in [6.45, 7) is 1.93. The van der Waals surface area contributed by atoms with Gasteiger partial charge in [0.1, 0.15) is 17.3 Å². The molecule has 0 bridgehead atoms. The van der Waals surface area contributed by atoms with Crippen LogP contribution in [0.2, 0.25) is 0 Å². The zero-order chi connectivity index (χ0) is 12.4. The van der Waals surface area contributed by atoms with Gasteiger partial charge in [0, 0.05) is 23.5 Å². The summed E-state index contributed by atoms with van der Waals surface area (Å²) >= 11 is 0. The molecule has 0 amide bonds. The zero-order valence-electron chi connectivity index (χ0n) is 10.1. The molecule has 3 N–H and O–H groups in total. The van der Waals surface area contributed by atoms with E-state index in [1.165, 1.54) is 0 Å². The number of nitrogen functional groups attached to an aromatic ring is 1. The summed E-state index contributed by atoms with van der Waals surface area (Å²) in [6, 6.07) is 3.57. The van der Waals surface area contributed by atoms with Crippen LogP contribution in [0.25, 0.3) is 11.4 Å². The topological polar surface area (TPSA) is 73.2 Å². The molecule has 5 nitrogen and oxygen atoms in total. The second kappa shape index (κ2) is 4.37. The first-order valence-corrected chi connectivity index (χ1v) is 5.19. The lowest BCUT2D eigenvalue weighted by molar-refractivity contribution is 0.396. The van der Waals surface area contributed by atoms with Gasteiger partial charge in [0.15, 0.2) is 0 Å². The van der Waals surface area contributed by atoms with E-state index in [4.69, 9.17) is 15.2 Å². The van der Waals surface area contributed by atoms with Crippen LogP contribution in [0.3, 0.4) is 0 Å². The van der Waals surface area contributed by atoms with Gasteiger partial charge in [-0.1, -0.05) is 0 Å². The second-order valence-electron chi connectivity index (χ2n) is 3.71. The van der Waals surface area contributed by atoms with Crippen LogP contribution >= 0.6 is 0 Å². The Hall–Kier alpha value is -2.17. The van der Waals surface area contributed by atoms with Crippen molar-refractivity contribution in [2.24, 2.45) is 0 Å². The van der Waals surface area contributed by atoms with Gasteiger partial charge >= 0.3 is 0 Å². The molecule has 1 aromatic carbocycles. The number of aromatic amines is 1. The highest BCUT2D eigenvalue weighted by Crippen LogP contribution is 2.36. The molecule has 0 aliphatic heterocycles. The van der Waals surface area contributed by atoms with Gasteiger partial charge in [-0.25, -0.2) is 4.98 Å². The minimum Gasteiger partial charge on any atom is -0.497 e. The molecule has 90 valence electrons. The Bertz CT molecular complexity index is 535. The number of methoxy groups -OCH3 is 2. The molecule has 0 unspecified atom stereocenters. The molecule has 17 heavy (non-hydrogen) atoms. The number of ether oxygens (including phenoxy) is 2. The third-order valence-corrected chi connectivity index (χ3v) is 2.53. The molecule has 0 saturated heterocycles. The lowest BCUT2D eigenvalue weighted by Gasteiger charge is -2.11. The lowest BCUT2D eigenvalue weighted by Crippen LogP contribution is -1.98.